The number of aromatic amines is 1. The van der Waals surface area contributed by atoms with Crippen molar-refractivity contribution in [1.29, 1.82) is 0 Å². The summed E-state index contributed by atoms with van der Waals surface area (Å²) in [6.45, 7) is 3.05. The van der Waals surface area contributed by atoms with Gasteiger partial charge in [-0.2, -0.15) is 0 Å². The highest BCUT2D eigenvalue weighted by molar-refractivity contribution is 7.71. The Hall–Kier alpha value is -4.31. The van der Waals surface area contributed by atoms with Crippen LogP contribution in [0, 0.1) is 4.77 Å². The van der Waals surface area contributed by atoms with Gasteiger partial charge in [0.25, 0.3) is 11.5 Å². The number of hydrogen-bond donors (Lipinski definition) is 1. The number of anilines is 1. The average Bonchev–Trinajstić information content (AvgIpc) is 3.43. The zero-order chi connectivity index (χ0) is 26.2. The fraction of sp³-hybridized carbons (Fsp3) is 0.250. The minimum Gasteiger partial charge on any atom is -0.495 e. The fourth-order valence-electron chi connectivity index (χ4n) is 4.98. The minimum atomic E-state index is -0.217. The number of hydrogen-bond acceptors (Lipinski definition) is 7. The summed E-state index contributed by atoms with van der Waals surface area (Å²) in [6.07, 6.45) is 0. The summed E-state index contributed by atoms with van der Waals surface area (Å²) in [5.74, 6) is 2.08. The Morgan fingerprint density at radius 3 is 2.61 bits per heavy atom. The largest absolute Gasteiger partial charge is 0.495 e. The molecular formula is C28H26N4O5S. The zero-order valence-electron chi connectivity index (χ0n) is 20.8. The molecule has 1 N–H and O–H groups in total. The number of carbonyl (C=O) groups is 1. The number of carbonyl (C=O) groups excluding carboxylic acids is 1. The molecule has 1 fully saturated rings. The maximum Gasteiger partial charge on any atom is 0.262 e. The summed E-state index contributed by atoms with van der Waals surface area (Å²) in [4.78, 5) is 33.8. The fourth-order valence-corrected chi connectivity index (χ4v) is 5.23. The van der Waals surface area contributed by atoms with E-state index in [9.17, 15) is 9.59 Å². The number of fused-ring (bicyclic) bond motifs is 2. The van der Waals surface area contributed by atoms with Gasteiger partial charge in [-0.25, -0.2) is 0 Å². The normalized spacial score (nSPS) is 14.7. The van der Waals surface area contributed by atoms with Gasteiger partial charge in [0.15, 0.2) is 16.3 Å². The summed E-state index contributed by atoms with van der Waals surface area (Å²) >= 11 is 5.52. The van der Waals surface area contributed by atoms with Crippen LogP contribution in [0.25, 0.3) is 10.9 Å². The maximum atomic E-state index is 13.3. The highest BCUT2D eigenvalue weighted by Crippen LogP contribution is 2.33. The second-order valence-corrected chi connectivity index (χ2v) is 9.61. The summed E-state index contributed by atoms with van der Waals surface area (Å²) in [7, 11) is 1.66. The summed E-state index contributed by atoms with van der Waals surface area (Å²) < 4.78 is 18.1. The van der Waals surface area contributed by atoms with Gasteiger partial charge in [-0.05, 0) is 60.2 Å². The molecule has 2 aliphatic heterocycles. The number of nitrogens with one attached hydrogen (secondary N) is 1. The van der Waals surface area contributed by atoms with Crippen molar-refractivity contribution in [2.75, 3.05) is 45.0 Å². The molecule has 0 aliphatic carbocycles. The number of rotatable bonds is 5. The van der Waals surface area contributed by atoms with Crippen LogP contribution in [0.3, 0.4) is 0 Å². The molecule has 2 aliphatic rings. The van der Waals surface area contributed by atoms with Crippen LogP contribution in [0.15, 0.2) is 65.5 Å². The highest BCUT2D eigenvalue weighted by Gasteiger charge is 2.24. The summed E-state index contributed by atoms with van der Waals surface area (Å²) in [5.41, 5.74) is 2.74. The molecule has 0 unspecified atom stereocenters. The van der Waals surface area contributed by atoms with Crippen LogP contribution in [0.2, 0.25) is 0 Å². The molecule has 3 aromatic carbocycles. The number of nitrogens with zero attached hydrogens (tertiary/aromatic N) is 3. The van der Waals surface area contributed by atoms with Crippen LogP contribution in [0.1, 0.15) is 15.9 Å². The molecular weight excluding hydrogens is 504 g/mol. The van der Waals surface area contributed by atoms with Crippen LogP contribution in [-0.4, -0.2) is 60.4 Å². The number of amides is 1. The third-order valence-electron chi connectivity index (χ3n) is 7.00. The molecule has 10 heteroatoms. The minimum absolute atomic E-state index is 0.0737. The van der Waals surface area contributed by atoms with Crippen molar-refractivity contribution in [1.82, 2.24) is 14.5 Å². The smallest absolute Gasteiger partial charge is 0.262 e. The topological polar surface area (TPSA) is 89.0 Å². The first-order valence-electron chi connectivity index (χ1n) is 12.3. The van der Waals surface area contributed by atoms with Crippen molar-refractivity contribution in [3.63, 3.8) is 0 Å². The lowest BCUT2D eigenvalue weighted by molar-refractivity contribution is 0.0747. The van der Waals surface area contributed by atoms with Crippen molar-refractivity contribution < 1.29 is 19.0 Å². The molecule has 1 amide bonds. The van der Waals surface area contributed by atoms with E-state index in [-0.39, 0.29) is 29.6 Å². The van der Waals surface area contributed by atoms with E-state index in [0.717, 1.165) is 17.0 Å². The number of ether oxygens (including phenoxy) is 3. The monoisotopic (exact) mass is 530 g/mol. The molecule has 0 atom stereocenters. The van der Waals surface area contributed by atoms with Crippen LogP contribution in [0.5, 0.6) is 17.2 Å². The van der Waals surface area contributed by atoms with Gasteiger partial charge in [0.05, 0.1) is 30.2 Å². The number of para-hydroxylation sites is 2. The van der Waals surface area contributed by atoms with Crippen LogP contribution in [0.4, 0.5) is 5.69 Å². The van der Waals surface area contributed by atoms with Crippen molar-refractivity contribution in [2.45, 2.75) is 6.54 Å². The molecule has 0 radical (unpaired) electrons. The lowest BCUT2D eigenvalue weighted by atomic mass is 10.1. The van der Waals surface area contributed by atoms with Gasteiger partial charge >= 0.3 is 0 Å². The Morgan fingerprint density at radius 1 is 1.00 bits per heavy atom. The molecule has 0 saturated carbocycles. The number of methoxy groups -OCH3 is 1. The van der Waals surface area contributed by atoms with E-state index in [0.29, 0.717) is 54.1 Å². The zero-order valence-corrected chi connectivity index (χ0v) is 21.6. The van der Waals surface area contributed by atoms with Gasteiger partial charge in [-0.3, -0.25) is 14.2 Å². The Labute approximate surface area is 223 Å². The lowest BCUT2D eigenvalue weighted by Crippen LogP contribution is -2.48. The van der Waals surface area contributed by atoms with E-state index >= 15 is 0 Å². The molecule has 4 aromatic rings. The van der Waals surface area contributed by atoms with E-state index < -0.39 is 0 Å². The summed E-state index contributed by atoms with van der Waals surface area (Å²) in [5, 5.41) is 0.469. The standard InChI is InChI=1S/C28H26N4O5S/c1-35-23-5-3-2-4-22(23)30-10-12-31(13-11-30)26(33)19-7-8-20-21(15-19)29-28(38)32(27(20)34)16-18-6-9-24-25(14-18)37-17-36-24/h2-9,14-15H,10-13,16-17H2,1H3,(H,29,38). The van der Waals surface area contributed by atoms with E-state index in [2.05, 4.69) is 9.88 Å². The van der Waals surface area contributed by atoms with E-state index in [1.165, 1.54) is 4.57 Å². The predicted molar refractivity (Wildman–Crippen MR) is 146 cm³/mol. The third-order valence-corrected chi connectivity index (χ3v) is 7.32. The van der Waals surface area contributed by atoms with Gasteiger partial charge in [0, 0.05) is 31.7 Å². The first-order chi connectivity index (χ1) is 18.5. The van der Waals surface area contributed by atoms with Crippen molar-refractivity contribution in [2.24, 2.45) is 0 Å². The second-order valence-electron chi connectivity index (χ2n) is 9.22. The molecule has 38 heavy (non-hydrogen) atoms. The Balaban J connectivity index is 1.20. The number of aromatic nitrogens is 2. The number of benzene rings is 3. The lowest BCUT2D eigenvalue weighted by Gasteiger charge is -2.36. The average molecular weight is 531 g/mol. The number of H-pyrrole nitrogens is 1. The second kappa shape index (κ2) is 9.86. The molecule has 0 bridgehead atoms. The maximum absolute atomic E-state index is 13.3. The molecule has 1 saturated heterocycles. The Bertz CT molecular complexity index is 1660. The van der Waals surface area contributed by atoms with Crippen LogP contribution < -0.4 is 24.7 Å². The Morgan fingerprint density at radius 2 is 1.79 bits per heavy atom. The molecule has 3 heterocycles. The Kier molecular flexibility index (Phi) is 6.24. The van der Waals surface area contributed by atoms with Crippen molar-refractivity contribution >= 4 is 34.7 Å². The van der Waals surface area contributed by atoms with Gasteiger partial charge < -0.3 is 29.0 Å². The number of piperazine rings is 1. The molecule has 9 nitrogen and oxygen atoms in total. The quantitative estimate of drug-likeness (QED) is 0.393. The van der Waals surface area contributed by atoms with Gasteiger partial charge in [-0.1, -0.05) is 18.2 Å². The van der Waals surface area contributed by atoms with E-state index in [1.54, 1.807) is 25.3 Å². The molecule has 194 valence electrons. The van der Waals surface area contributed by atoms with Crippen molar-refractivity contribution in [3.8, 4) is 17.2 Å². The van der Waals surface area contributed by atoms with Gasteiger partial charge in [0.1, 0.15) is 5.75 Å². The SMILES string of the molecule is COc1ccccc1N1CCN(C(=O)c2ccc3c(=O)n(Cc4ccc5c(c4)OCO5)c(=S)[nH]c3c2)CC1. The van der Waals surface area contributed by atoms with E-state index in [1.807, 2.05) is 47.4 Å². The molecule has 0 spiro atoms. The van der Waals surface area contributed by atoms with E-state index in [4.69, 9.17) is 26.4 Å². The predicted octanol–water partition coefficient (Wildman–Crippen LogP) is 3.81. The summed E-state index contributed by atoms with van der Waals surface area (Å²) in [6, 6.07) is 18.6. The van der Waals surface area contributed by atoms with Crippen molar-refractivity contribution in [3.05, 3.63) is 86.9 Å². The third kappa shape index (κ3) is 4.37. The molecule has 6 rings (SSSR count). The van der Waals surface area contributed by atoms with Crippen LogP contribution >= 0.6 is 12.2 Å². The highest BCUT2D eigenvalue weighted by atomic mass is 32.1. The van der Waals surface area contributed by atoms with Gasteiger partial charge in [0.2, 0.25) is 6.79 Å². The van der Waals surface area contributed by atoms with Gasteiger partial charge in [-0.15, -0.1) is 0 Å². The molecule has 1 aromatic heterocycles. The van der Waals surface area contributed by atoms with Crippen LogP contribution in [-0.2, 0) is 6.54 Å². The first kappa shape index (κ1) is 24.1. The first-order valence-corrected chi connectivity index (χ1v) is 12.8.